The number of hydrogen-bond acceptors (Lipinski definition) is 5. The third-order valence-electron chi connectivity index (χ3n) is 4.59. The number of carbonyl (C=O) groups is 1. The Balaban J connectivity index is 1.59. The molecule has 31 heavy (non-hydrogen) atoms. The first kappa shape index (κ1) is 21.0. The molecule has 1 amide bonds. The summed E-state index contributed by atoms with van der Waals surface area (Å²) in [6, 6.07) is 14.4. The smallest absolute Gasteiger partial charge is 0.263 e. The molecule has 7 nitrogen and oxygen atoms in total. The lowest BCUT2D eigenvalue weighted by Gasteiger charge is -2.12. The van der Waals surface area contributed by atoms with Crippen molar-refractivity contribution in [1.29, 1.82) is 0 Å². The molecule has 1 heterocycles. The lowest BCUT2D eigenvalue weighted by molar-refractivity contribution is 0.102. The molecular weight excluding hydrogens is 440 g/mol. The van der Waals surface area contributed by atoms with Gasteiger partial charge in [0.15, 0.2) is 11.5 Å². The van der Waals surface area contributed by atoms with Crippen molar-refractivity contribution in [3.05, 3.63) is 76.3 Å². The summed E-state index contributed by atoms with van der Waals surface area (Å²) >= 11 is 6.16. The molecule has 0 aromatic heterocycles. The molecule has 3 aromatic carbocycles. The molecule has 1 aliphatic rings. The highest BCUT2D eigenvalue weighted by atomic mass is 35.5. The van der Waals surface area contributed by atoms with Crippen LogP contribution in [0.2, 0.25) is 5.02 Å². The Labute approximate surface area is 185 Å². The van der Waals surface area contributed by atoms with E-state index in [1.165, 1.54) is 18.2 Å². The van der Waals surface area contributed by atoms with Crippen LogP contribution in [0.4, 0.5) is 11.4 Å². The zero-order chi connectivity index (χ0) is 22.2. The number of halogens is 1. The summed E-state index contributed by atoms with van der Waals surface area (Å²) in [5, 5.41) is 2.73. The predicted octanol–water partition coefficient (Wildman–Crippen LogP) is 4.74. The van der Waals surface area contributed by atoms with E-state index in [-0.39, 0.29) is 22.3 Å². The Hall–Kier alpha value is -3.23. The summed E-state index contributed by atoms with van der Waals surface area (Å²) in [5.41, 5.74) is 2.88. The van der Waals surface area contributed by atoms with Crippen molar-refractivity contribution < 1.29 is 22.7 Å². The first-order chi connectivity index (χ1) is 14.7. The van der Waals surface area contributed by atoms with Crippen LogP contribution in [0.3, 0.4) is 0 Å². The topological polar surface area (TPSA) is 93.7 Å². The van der Waals surface area contributed by atoms with E-state index in [9.17, 15) is 13.2 Å². The lowest BCUT2D eigenvalue weighted by Crippen LogP contribution is -2.16. The van der Waals surface area contributed by atoms with Crippen molar-refractivity contribution in [2.24, 2.45) is 0 Å². The number of fused-ring (bicyclic) bond motifs is 1. The molecule has 0 saturated carbocycles. The summed E-state index contributed by atoms with van der Waals surface area (Å²) in [4.78, 5) is 12.5. The fourth-order valence-electron chi connectivity index (χ4n) is 3.27. The number of hydrogen-bond donors (Lipinski definition) is 2. The van der Waals surface area contributed by atoms with Gasteiger partial charge in [-0.2, -0.15) is 0 Å². The molecule has 160 valence electrons. The molecule has 0 radical (unpaired) electrons. The number of amides is 1. The molecule has 0 unspecified atom stereocenters. The van der Waals surface area contributed by atoms with Crippen LogP contribution in [0.25, 0.3) is 0 Å². The van der Waals surface area contributed by atoms with Crippen LogP contribution in [0, 0.1) is 13.8 Å². The molecule has 0 aliphatic carbocycles. The van der Waals surface area contributed by atoms with Crippen LogP contribution in [-0.2, 0) is 10.0 Å². The highest BCUT2D eigenvalue weighted by Crippen LogP contribution is 2.34. The van der Waals surface area contributed by atoms with Crippen molar-refractivity contribution in [2.75, 3.05) is 16.8 Å². The van der Waals surface area contributed by atoms with Crippen molar-refractivity contribution in [3.63, 3.8) is 0 Å². The zero-order valence-electron chi connectivity index (χ0n) is 16.7. The fourth-order valence-corrected chi connectivity index (χ4v) is 4.84. The fraction of sp³-hybridized carbons (Fsp3) is 0.136. The molecule has 0 atom stereocenters. The van der Waals surface area contributed by atoms with Gasteiger partial charge in [-0.3, -0.25) is 9.52 Å². The summed E-state index contributed by atoms with van der Waals surface area (Å²) in [5.74, 6) is 0.628. The summed E-state index contributed by atoms with van der Waals surface area (Å²) in [6.07, 6.45) is 0. The SMILES string of the molecule is Cc1cc(C)cc(NS(=O)(=O)c2cc(C(=O)Nc3ccc4c(c3)OCO4)ccc2Cl)c1. The molecule has 0 spiro atoms. The maximum absolute atomic E-state index is 12.9. The average Bonchev–Trinajstić information content (AvgIpc) is 3.14. The van der Waals surface area contributed by atoms with Crippen LogP contribution in [-0.4, -0.2) is 21.1 Å². The van der Waals surface area contributed by atoms with Gasteiger partial charge < -0.3 is 14.8 Å². The molecule has 2 N–H and O–H groups in total. The van der Waals surface area contributed by atoms with Crippen LogP contribution in [0.1, 0.15) is 21.5 Å². The Morgan fingerprint density at radius 1 is 0.903 bits per heavy atom. The van der Waals surface area contributed by atoms with E-state index >= 15 is 0 Å². The molecule has 1 aliphatic heterocycles. The minimum atomic E-state index is -4.01. The Kier molecular flexibility index (Phi) is 5.51. The first-order valence-electron chi connectivity index (χ1n) is 9.33. The van der Waals surface area contributed by atoms with Crippen molar-refractivity contribution in [2.45, 2.75) is 18.7 Å². The van der Waals surface area contributed by atoms with Gasteiger partial charge >= 0.3 is 0 Å². The van der Waals surface area contributed by atoms with E-state index in [0.29, 0.717) is 22.9 Å². The predicted molar refractivity (Wildman–Crippen MR) is 119 cm³/mol. The third kappa shape index (κ3) is 4.60. The maximum Gasteiger partial charge on any atom is 0.263 e. The second-order valence-corrected chi connectivity index (χ2v) is 9.21. The van der Waals surface area contributed by atoms with Crippen LogP contribution in [0.5, 0.6) is 11.5 Å². The summed E-state index contributed by atoms with van der Waals surface area (Å²) < 4.78 is 39.0. The number of anilines is 2. The van der Waals surface area contributed by atoms with Gasteiger partial charge in [0.05, 0.1) is 5.02 Å². The molecular formula is C22H19ClN2O5S. The summed E-state index contributed by atoms with van der Waals surface area (Å²) in [7, 11) is -4.01. The molecule has 0 fully saturated rings. The van der Waals surface area contributed by atoms with Gasteiger partial charge in [0.2, 0.25) is 6.79 Å². The first-order valence-corrected chi connectivity index (χ1v) is 11.2. The number of benzene rings is 3. The molecule has 0 saturated heterocycles. The maximum atomic E-state index is 12.9. The second-order valence-electron chi connectivity index (χ2n) is 7.15. The third-order valence-corrected chi connectivity index (χ3v) is 6.45. The second kappa shape index (κ2) is 8.13. The number of ether oxygens (including phenoxy) is 2. The Bertz CT molecular complexity index is 1270. The Morgan fingerprint density at radius 2 is 1.61 bits per heavy atom. The summed E-state index contributed by atoms with van der Waals surface area (Å²) in [6.45, 7) is 3.87. The molecule has 9 heteroatoms. The zero-order valence-corrected chi connectivity index (χ0v) is 18.3. The van der Waals surface area contributed by atoms with E-state index in [2.05, 4.69) is 10.0 Å². The highest BCUT2D eigenvalue weighted by molar-refractivity contribution is 7.92. The minimum absolute atomic E-state index is 0.0107. The van der Waals surface area contributed by atoms with Gasteiger partial charge in [0, 0.05) is 23.0 Å². The van der Waals surface area contributed by atoms with Gasteiger partial charge in [-0.15, -0.1) is 0 Å². The number of carbonyl (C=O) groups excluding carboxylic acids is 1. The largest absolute Gasteiger partial charge is 0.454 e. The van der Waals surface area contributed by atoms with Gasteiger partial charge in [0.1, 0.15) is 4.90 Å². The van der Waals surface area contributed by atoms with Gasteiger partial charge in [-0.25, -0.2) is 8.42 Å². The van der Waals surface area contributed by atoms with Gasteiger partial charge in [-0.05, 0) is 67.4 Å². The van der Waals surface area contributed by atoms with Crippen LogP contribution >= 0.6 is 11.6 Å². The van der Waals surface area contributed by atoms with E-state index in [4.69, 9.17) is 21.1 Å². The molecule has 4 rings (SSSR count). The highest BCUT2D eigenvalue weighted by Gasteiger charge is 2.21. The van der Waals surface area contributed by atoms with E-state index in [0.717, 1.165) is 11.1 Å². The lowest BCUT2D eigenvalue weighted by atomic mass is 10.1. The standard InChI is InChI=1S/C22H19ClN2O5S/c1-13-7-14(2)9-17(8-13)25-31(27,28)21-10-15(3-5-18(21)23)22(26)24-16-4-6-19-20(11-16)30-12-29-19/h3-11,25H,12H2,1-2H3,(H,24,26). The van der Waals surface area contributed by atoms with Gasteiger partial charge in [0.25, 0.3) is 15.9 Å². The van der Waals surface area contributed by atoms with Crippen LogP contribution in [0.15, 0.2) is 59.5 Å². The van der Waals surface area contributed by atoms with E-state index in [1.807, 2.05) is 19.9 Å². The van der Waals surface area contributed by atoms with Crippen molar-refractivity contribution in [3.8, 4) is 11.5 Å². The molecule has 3 aromatic rings. The average molecular weight is 459 g/mol. The number of aryl methyl sites for hydroxylation is 2. The Morgan fingerprint density at radius 3 is 2.35 bits per heavy atom. The van der Waals surface area contributed by atoms with E-state index in [1.54, 1.807) is 30.3 Å². The van der Waals surface area contributed by atoms with Crippen molar-refractivity contribution in [1.82, 2.24) is 0 Å². The molecule has 0 bridgehead atoms. The normalized spacial score (nSPS) is 12.5. The van der Waals surface area contributed by atoms with Gasteiger partial charge in [-0.1, -0.05) is 17.7 Å². The number of nitrogens with one attached hydrogen (secondary N) is 2. The number of sulfonamides is 1. The monoisotopic (exact) mass is 458 g/mol. The van der Waals surface area contributed by atoms with E-state index < -0.39 is 15.9 Å². The number of rotatable bonds is 5. The van der Waals surface area contributed by atoms with Crippen molar-refractivity contribution >= 4 is 38.9 Å². The quantitative estimate of drug-likeness (QED) is 0.576. The minimum Gasteiger partial charge on any atom is -0.454 e. The van der Waals surface area contributed by atoms with Crippen LogP contribution < -0.4 is 19.5 Å².